The van der Waals surface area contributed by atoms with Crippen molar-refractivity contribution in [3.63, 3.8) is 0 Å². The minimum absolute atomic E-state index is 0.513. The number of hydrogen-bond donors (Lipinski definition) is 1. The third-order valence-electron chi connectivity index (χ3n) is 2.03. The van der Waals surface area contributed by atoms with Gasteiger partial charge in [-0.15, -0.1) is 0 Å². The van der Waals surface area contributed by atoms with Crippen molar-refractivity contribution < 1.29 is 9.37 Å². The van der Waals surface area contributed by atoms with Crippen LogP contribution in [0.15, 0.2) is 4.63 Å². The first-order chi connectivity index (χ1) is 6.42. The van der Waals surface area contributed by atoms with Gasteiger partial charge >= 0.3 is 0 Å². The Kier molecular flexibility index (Phi) is 2.44. The van der Waals surface area contributed by atoms with Gasteiger partial charge in [0.05, 0.1) is 6.61 Å². The molecule has 1 heterocycles. The number of hydrogen-bond acceptors (Lipinski definition) is 5. The van der Waals surface area contributed by atoms with Gasteiger partial charge in [-0.05, 0) is 31.0 Å². The zero-order valence-corrected chi connectivity index (χ0v) is 7.40. The van der Waals surface area contributed by atoms with Gasteiger partial charge in [-0.3, -0.25) is 0 Å². The summed E-state index contributed by atoms with van der Waals surface area (Å²) in [6.07, 6.45) is 3.17. The third kappa shape index (κ3) is 1.98. The van der Waals surface area contributed by atoms with E-state index in [1.165, 1.54) is 12.8 Å². The van der Waals surface area contributed by atoms with Crippen molar-refractivity contribution in [1.29, 1.82) is 0 Å². The van der Waals surface area contributed by atoms with Crippen LogP contribution >= 0.6 is 0 Å². The summed E-state index contributed by atoms with van der Waals surface area (Å²) in [6, 6.07) is 0. The first-order valence-corrected chi connectivity index (χ1v) is 4.57. The number of aromatic nitrogens is 2. The summed E-state index contributed by atoms with van der Waals surface area (Å²) in [4.78, 5) is 0. The summed E-state index contributed by atoms with van der Waals surface area (Å²) in [7, 11) is 0. The molecule has 1 aliphatic carbocycles. The molecule has 1 aliphatic rings. The lowest BCUT2D eigenvalue weighted by molar-refractivity contribution is 0.254. The largest absolute Gasteiger partial charge is 0.474 e. The van der Waals surface area contributed by atoms with Crippen LogP contribution in [0.3, 0.4) is 0 Å². The first-order valence-electron chi connectivity index (χ1n) is 4.57. The summed E-state index contributed by atoms with van der Waals surface area (Å²) < 4.78 is 9.99. The first kappa shape index (κ1) is 8.50. The van der Waals surface area contributed by atoms with Gasteiger partial charge in [-0.1, -0.05) is 5.16 Å². The van der Waals surface area contributed by atoms with Crippen LogP contribution in [0.5, 0.6) is 5.88 Å². The van der Waals surface area contributed by atoms with Crippen molar-refractivity contribution >= 4 is 0 Å². The van der Waals surface area contributed by atoms with Crippen LogP contribution in [0, 0.1) is 0 Å². The Morgan fingerprint density at radius 2 is 2.31 bits per heavy atom. The molecule has 5 nitrogen and oxygen atoms in total. The van der Waals surface area contributed by atoms with Crippen molar-refractivity contribution in [2.75, 3.05) is 13.2 Å². The molecule has 0 bridgehead atoms. The summed E-state index contributed by atoms with van der Waals surface area (Å²) in [6.45, 7) is 1.22. The molecule has 0 saturated heterocycles. The molecular weight excluding hydrogens is 170 g/mol. The predicted molar refractivity (Wildman–Crippen MR) is 45.4 cm³/mol. The highest BCUT2D eigenvalue weighted by Gasteiger charge is 2.31. The average Bonchev–Trinajstić information content (AvgIpc) is 2.88. The molecule has 1 saturated carbocycles. The van der Waals surface area contributed by atoms with E-state index in [0.717, 1.165) is 12.1 Å². The minimum atomic E-state index is 0.513. The van der Waals surface area contributed by atoms with E-state index >= 15 is 0 Å². The van der Waals surface area contributed by atoms with Gasteiger partial charge in [-0.25, -0.2) is 4.63 Å². The molecule has 2 rings (SSSR count). The van der Waals surface area contributed by atoms with E-state index < -0.39 is 0 Å². The molecule has 0 aromatic carbocycles. The third-order valence-corrected chi connectivity index (χ3v) is 2.03. The zero-order valence-electron chi connectivity index (χ0n) is 7.40. The number of rotatable bonds is 5. The quantitative estimate of drug-likeness (QED) is 0.679. The second-order valence-electron chi connectivity index (χ2n) is 3.22. The predicted octanol–water partition coefficient (Wildman–Crippen LogP) is 0.675. The van der Waals surface area contributed by atoms with Crippen molar-refractivity contribution in [1.82, 2.24) is 10.3 Å². The molecule has 5 heteroatoms. The van der Waals surface area contributed by atoms with Gasteiger partial charge in [-0.2, -0.15) is 0 Å². The standard InChI is InChI=1S/C8H13N3O2/c9-4-1-5-12-8-7(6-2-3-6)10-13-11-8/h6H,1-5,9H2. The molecule has 2 N–H and O–H groups in total. The van der Waals surface area contributed by atoms with Gasteiger partial charge in [0.1, 0.15) is 0 Å². The van der Waals surface area contributed by atoms with Crippen LogP contribution in [0.25, 0.3) is 0 Å². The molecular formula is C8H13N3O2. The highest BCUT2D eigenvalue weighted by Crippen LogP contribution is 2.42. The van der Waals surface area contributed by atoms with E-state index in [9.17, 15) is 0 Å². The zero-order chi connectivity index (χ0) is 9.10. The summed E-state index contributed by atoms with van der Waals surface area (Å²) in [5.74, 6) is 1.06. The van der Waals surface area contributed by atoms with E-state index in [4.69, 9.17) is 10.5 Å². The summed E-state index contributed by atoms with van der Waals surface area (Å²) in [5.41, 5.74) is 6.21. The van der Waals surface area contributed by atoms with Crippen LogP contribution < -0.4 is 10.5 Å². The fraction of sp³-hybridized carbons (Fsp3) is 0.750. The molecule has 0 unspecified atom stereocenters. The molecule has 1 aromatic heterocycles. The normalized spacial score (nSPS) is 16.1. The topological polar surface area (TPSA) is 74.2 Å². The average molecular weight is 183 g/mol. The maximum atomic E-state index is 5.37. The maximum absolute atomic E-state index is 5.37. The molecule has 13 heavy (non-hydrogen) atoms. The number of ether oxygens (including phenoxy) is 1. The Labute approximate surface area is 76.2 Å². The lowest BCUT2D eigenvalue weighted by Crippen LogP contribution is -2.07. The fourth-order valence-corrected chi connectivity index (χ4v) is 1.15. The molecule has 0 atom stereocenters. The Morgan fingerprint density at radius 1 is 1.46 bits per heavy atom. The monoisotopic (exact) mass is 183 g/mol. The van der Waals surface area contributed by atoms with Gasteiger partial charge < -0.3 is 10.5 Å². The van der Waals surface area contributed by atoms with Crippen LogP contribution in [0.1, 0.15) is 30.9 Å². The van der Waals surface area contributed by atoms with Crippen molar-refractivity contribution in [3.8, 4) is 5.88 Å². The molecule has 0 aliphatic heterocycles. The molecule has 0 amide bonds. The Bertz CT molecular complexity index is 270. The maximum Gasteiger partial charge on any atom is 0.279 e. The lowest BCUT2D eigenvalue weighted by Gasteiger charge is -2.00. The Morgan fingerprint density at radius 3 is 3.00 bits per heavy atom. The van der Waals surface area contributed by atoms with Gasteiger partial charge in [0.25, 0.3) is 5.88 Å². The second-order valence-corrected chi connectivity index (χ2v) is 3.22. The number of nitrogens with zero attached hydrogens (tertiary/aromatic N) is 2. The van der Waals surface area contributed by atoms with E-state index in [-0.39, 0.29) is 0 Å². The summed E-state index contributed by atoms with van der Waals surface area (Å²) >= 11 is 0. The van der Waals surface area contributed by atoms with Crippen LogP contribution in [0.4, 0.5) is 0 Å². The van der Waals surface area contributed by atoms with Crippen LogP contribution in [-0.4, -0.2) is 23.5 Å². The molecule has 1 fully saturated rings. The molecule has 72 valence electrons. The molecule has 0 spiro atoms. The van der Waals surface area contributed by atoms with E-state index in [1.54, 1.807) is 0 Å². The second kappa shape index (κ2) is 3.74. The highest BCUT2D eigenvalue weighted by atomic mass is 16.6. The summed E-state index contributed by atoms with van der Waals surface area (Å²) in [5, 5.41) is 7.51. The van der Waals surface area contributed by atoms with E-state index in [0.29, 0.717) is 24.9 Å². The van der Waals surface area contributed by atoms with Gasteiger partial charge in [0.15, 0.2) is 5.69 Å². The smallest absolute Gasteiger partial charge is 0.279 e. The van der Waals surface area contributed by atoms with Crippen molar-refractivity contribution in [3.05, 3.63) is 5.69 Å². The Hall–Kier alpha value is -1.10. The fourth-order valence-electron chi connectivity index (χ4n) is 1.15. The Balaban J connectivity index is 1.90. The van der Waals surface area contributed by atoms with Crippen LogP contribution in [0.2, 0.25) is 0 Å². The highest BCUT2D eigenvalue weighted by molar-refractivity contribution is 5.23. The molecule has 0 radical (unpaired) electrons. The van der Waals surface area contributed by atoms with Crippen LogP contribution in [-0.2, 0) is 0 Å². The number of nitrogens with two attached hydrogens (primary N) is 1. The van der Waals surface area contributed by atoms with Gasteiger partial charge in [0.2, 0.25) is 0 Å². The SMILES string of the molecule is NCCCOc1nonc1C1CC1. The molecule has 1 aromatic rings. The van der Waals surface area contributed by atoms with E-state index in [1.807, 2.05) is 0 Å². The van der Waals surface area contributed by atoms with Crippen molar-refractivity contribution in [2.45, 2.75) is 25.2 Å². The van der Waals surface area contributed by atoms with E-state index in [2.05, 4.69) is 14.9 Å². The van der Waals surface area contributed by atoms with Gasteiger partial charge in [0, 0.05) is 5.92 Å². The van der Waals surface area contributed by atoms with Crippen molar-refractivity contribution in [2.24, 2.45) is 5.73 Å². The lowest BCUT2D eigenvalue weighted by atomic mass is 10.3. The minimum Gasteiger partial charge on any atom is -0.474 e.